The lowest BCUT2D eigenvalue weighted by atomic mass is 10.0. The van der Waals surface area contributed by atoms with Gasteiger partial charge in [0.15, 0.2) is 0 Å². The molecule has 126 valence electrons. The van der Waals surface area contributed by atoms with E-state index in [1.807, 2.05) is 6.08 Å². The molecule has 0 aliphatic rings. The van der Waals surface area contributed by atoms with Crippen LogP contribution in [0.4, 0.5) is 0 Å². The van der Waals surface area contributed by atoms with Crippen LogP contribution in [0.2, 0.25) is 0 Å². The van der Waals surface area contributed by atoms with Crippen LogP contribution in [0.3, 0.4) is 0 Å². The highest BCUT2D eigenvalue weighted by atomic mass is 16.3. The smallest absolute Gasteiger partial charge is 0.0894 e. The van der Waals surface area contributed by atoms with Gasteiger partial charge in [0.1, 0.15) is 0 Å². The molecule has 0 spiro atoms. The van der Waals surface area contributed by atoms with Crippen LogP contribution < -0.4 is 5.73 Å². The first-order valence-electron chi connectivity index (χ1n) is 12.3. The minimum atomic E-state index is -3.28. The van der Waals surface area contributed by atoms with Crippen LogP contribution >= 0.6 is 0 Å². The van der Waals surface area contributed by atoms with E-state index in [-0.39, 0.29) is 13.0 Å². The van der Waals surface area contributed by atoms with Crippen molar-refractivity contribution in [2.45, 2.75) is 95.9 Å². The highest BCUT2D eigenvalue weighted by molar-refractivity contribution is 4.93. The predicted molar refractivity (Wildman–Crippen MR) is 91.3 cm³/mol. The third kappa shape index (κ3) is 14.3. The second-order valence-corrected chi connectivity index (χ2v) is 5.21. The molecule has 0 fully saturated rings. The first-order valence-corrected chi connectivity index (χ1v) is 7.83. The van der Waals surface area contributed by atoms with Crippen molar-refractivity contribution >= 4 is 0 Å². The van der Waals surface area contributed by atoms with E-state index in [0.717, 1.165) is 38.5 Å². The van der Waals surface area contributed by atoms with Gasteiger partial charge in [-0.05, 0) is 12.8 Å². The molecule has 0 bridgehead atoms. The first kappa shape index (κ1) is 9.69. The van der Waals surface area contributed by atoms with Gasteiger partial charge in [-0.15, -0.1) is 0 Å². The van der Waals surface area contributed by atoms with Gasteiger partial charge in [-0.2, -0.15) is 0 Å². The standard InChI is InChI=1S/C18H37NO2/c1-2-3-4-5-6-7-8-9-10-11-12-13-14-15-18(21)17(19)16-20/h14-15,17-18,20-21H,2-13,16,19H2,1H3/b15-14+/t17-,18?/m0/s1/i1D3,2D2,3D2,4D2. The van der Waals surface area contributed by atoms with Crippen molar-refractivity contribution in [3.8, 4) is 0 Å². The van der Waals surface area contributed by atoms with E-state index >= 15 is 0 Å². The molecule has 0 rings (SSSR count). The number of allylic oxidation sites excluding steroid dienone is 1. The van der Waals surface area contributed by atoms with Crippen molar-refractivity contribution in [3.63, 3.8) is 0 Å². The molecule has 0 aliphatic carbocycles. The van der Waals surface area contributed by atoms with E-state index in [2.05, 4.69) is 0 Å². The molecule has 3 heteroatoms. The molecule has 0 aromatic rings. The Labute approximate surface area is 144 Å². The van der Waals surface area contributed by atoms with Gasteiger partial charge in [-0.1, -0.05) is 83.1 Å². The van der Waals surface area contributed by atoms with Crippen LogP contribution in [0.25, 0.3) is 0 Å². The van der Waals surface area contributed by atoms with Gasteiger partial charge in [0.05, 0.1) is 18.8 Å². The molecule has 2 atom stereocenters. The zero-order valence-electron chi connectivity index (χ0n) is 21.9. The van der Waals surface area contributed by atoms with Crippen molar-refractivity contribution < 1.29 is 22.5 Å². The van der Waals surface area contributed by atoms with Gasteiger partial charge < -0.3 is 15.9 Å². The van der Waals surface area contributed by atoms with Crippen molar-refractivity contribution in [3.05, 3.63) is 12.2 Å². The number of rotatable bonds is 15. The summed E-state index contributed by atoms with van der Waals surface area (Å²) in [6.07, 6.45) is -0.125. The Bertz CT molecular complexity index is 510. The van der Waals surface area contributed by atoms with Crippen LogP contribution in [0.15, 0.2) is 12.2 Å². The maximum Gasteiger partial charge on any atom is 0.0894 e. The SMILES string of the molecule is [2H]C([2H])([2H])C([2H])([2H])C([2H])([2H])C([2H])([2H])CCCCCCCCC/C=C/C(O)[C@@H](N)CO. The molecule has 0 radical (unpaired) electrons. The summed E-state index contributed by atoms with van der Waals surface area (Å²) in [4.78, 5) is 0. The van der Waals surface area contributed by atoms with Gasteiger partial charge in [0.2, 0.25) is 0 Å². The van der Waals surface area contributed by atoms with E-state index in [1.54, 1.807) is 6.08 Å². The molecule has 21 heavy (non-hydrogen) atoms. The van der Waals surface area contributed by atoms with Crippen LogP contribution in [-0.2, 0) is 0 Å². The fourth-order valence-electron chi connectivity index (χ4n) is 1.95. The summed E-state index contributed by atoms with van der Waals surface area (Å²) in [5, 5.41) is 18.4. The maximum atomic E-state index is 9.56. The molecule has 4 N–H and O–H groups in total. The van der Waals surface area contributed by atoms with E-state index in [9.17, 15) is 5.11 Å². The fourth-order valence-corrected chi connectivity index (χ4v) is 1.95. The molecule has 0 aliphatic heterocycles. The van der Waals surface area contributed by atoms with Gasteiger partial charge in [0, 0.05) is 12.3 Å². The largest absolute Gasteiger partial charge is 0.395 e. The minimum Gasteiger partial charge on any atom is -0.395 e. The summed E-state index contributed by atoms with van der Waals surface area (Å²) in [5.41, 5.74) is 5.49. The second-order valence-electron chi connectivity index (χ2n) is 5.21. The molecule has 0 aromatic carbocycles. The molecule has 0 saturated carbocycles. The normalized spacial score (nSPS) is 23.7. The summed E-state index contributed by atoms with van der Waals surface area (Å²) in [7, 11) is 0. The number of aliphatic hydroxyl groups excluding tert-OH is 2. The Morgan fingerprint density at radius 3 is 2.29 bits per heavy atom. The quantitative estimate of drug-likeness (QED) is 0.317. The lowest BCUT2D eigenvalue weighted by Crippen LogP contribution is -2.36. The number of hydrogen-bond acceptors (Lipinski definition) is 3. The van der Waals surface area contributed by atoms with Crippen LogP contribution in [0.5, 0.6) is 0 Å². The average molecular weight is 309 g/mol. The van der Waals surface area contributed by atoms with Gasteiger partial charge in [0.25, 0.3) is 0 Å². The van der Waals surface area contributed by atoms with E-state index in [4.69, 9.17) is 23.2 Å². The Balaban J connectivity index is 4.07. The fraction of sp³-hybridized carbons (Fsp3) is 0.889. The van der Waals surface area contributed by atoms with Crippen molar-refractivity contribution in [1.29, 1.82) is 0 Å². The first-order chi connectivity index (χ1) is 13.6. The number of aliphatic hydroxyl groups is 2. The van der Waals surface area contributed by atoms with Crippen molar-refractivity contribution in [1.82, 2.24) is 0 Å². The summed E-state index contributed by atoms with van der Waals surface area (Å²) in [5.74, 6) is 0. The van der Waals surface area contributed by atoms with Crippen molar-refractivity contribution in [2.75, 3.05) is 6.61 Å². The molecule has 0 aromatic heterocycles. The molecule has 0 heterocycles. The Morgan fingerprint density at radius 1 is 1.05 bits per heavy atom. The molecule has 3 nitrogen and oxygen atoms in total. The van der Waals surface area contributed by atoms with E-state index < -0.39 is 38.1 Å². The Kier molecular flexibility index (Phi) is 7.38. The Morgan fingerprint density at radius 2 is 1.67 bits per heavy atom. The van der Waals surface area contributed by atoms with Crippen LogP contribution in [0, 0.1) is 0 Å². The van der Waals surface area contributed by atoms with Crippen molar-refractivity contribution in [2.24, 2.45) is 5.73 Å². The number of nitrogens with two attached hydrogens (primary N) is 1. The zero-order valence-corrected chi connectivity index (χ0v) is 12.9. The molecular formula is C18H37NO2. The summed E-state index contributed by atoms with van der Waals surface area (Å²) in [6.45, 7) is -3.52. The highest BCUT2D eigenvalue weighted by Crippen LogP contribution is 2.12. The number of hydrogen-bond donors (Lipinski definition) is 3. The zero-order chi connectivity index (χ0) is 23.6. The lowest BCUT2D eigenvalue weighted by Gasteiger charge is -2.11. The number of unbranched alkanes of at least 4 members (excludes halogenated alkanes) is 7. The summed E-state index contributed by atoms with van der Waals surface area (Å²) in [6, 6.07) is -0.671. The predicted octanol–water partition coefficient (Wildman–Crippen LogP) is 3.92. The monoisotopic (exact) mass is 308 g/mol. The van der Waals surface area contributed by atoms with Gasteiger partial charge >= 0.3 is 0 Å². The second kappa shape index (κ2) is 16.0. The van der Waals surface area contributed by atoms with E-state index in [0.29, 0.717) is 12.8 Å². The average Bonchev–Trinajstić information content (AvgIpc) is 2.63. The molecule has 1 unspecified atom stereocenters. The Hall–Kier alpha value is -0.380. The minimum absolute atomic E-state index is 0.237. The van der Waals surface area contributed by atoms with E-state index in [1.165, 1.54) is 0 Å². The third-order valence-electron chi connectivity index (χ3n) is 3.31. The maximum absolute atomic E-state index is 9.56. The summed E-state index contributed by atoms with van der Waals surface area (Å²) >= 11 is 0. The van der Waals surface area contributed by atoms with Crippen LogP contribution in [0.1, 0.15) is 96.1 Å². The highest BCUT2D eigenvalue weighted by Gasteiger charge is 2.08. The molecular weight excluding hydrogens is 262 g/mol. The molecule has 0 amide bonds. The lowest BCUT2D eigenvalue weighted by molar-refractivity contribution is 0.144. The molecule has 0 saturated heterocycles. The third-order valence-corrected chi connectivity index (χ3v) is 3.31. The van der Waals surface area contributed by atoms with Gasteiger partial charge in [-0.25, -0.2) is 0 Å². The van der Waals surface area contributed by atoms with Crippen LogP contribution in [-0.4, -0.2) is 29.0 Å². The topological polar surface area (TPSA) is 66.5 Å². The summed E-state index contributed by atoms with van der Waals surface area (Å²) < 4.78 is 68.1. The van der Waals surface area contributed by atoms with Gasteiger partial charge in [-0.3, -0.25) is 0 Å².